The Hall–Kier alpha value is -2.40. The molecule has 4 bridgehead atoms. The lowest BCUT2D eigenvalue weighted by atomic mass is 9.43. The molecule has 4 fully saturated rings. The number of amides is 1. The van der Waals surface area contributed by atoms with Gasteiger partial charge < -0.3 is 9.88 Å². The minimum atomic E-state index is -0.213. The molecule has 0 radical (unpaired) electrons. The Morgan fingerprint density at radius 2 is 1.68 bits per heavy atom. The summed E-state index contributed by atoms with van der Waals surface area (Å²) in [5, 5.41) is 4.03. The lowest BCUT2D eigenvalue weighted by Gasteiger charge is -2.65. The van der Waals surface area contributed by atoms with Gasteiger partial charge in [-0.15, -0.1) is 0 Å². The SMILES string of the molecule is CC12CC3CC(C)(C1)CC(NC(=O)c1cn(Cc4ccc(Br)cc4)c4ccccc4c1=O)(C3)C2. The molecule has 2 aromatic carbocycles. The molecular weight excluding hydrogens is 488 g/mol. The molecule has 4 aliphatic rings. The first kappa shape index (κ1) is 22.1. The van der Waals surface area contributed by atoms with Crippen LogP contribution in [0.1, 0.15) is 68.3 Å². The van der Waals surface area contributed by atoms with Crippen LogP contribution in [0.2, 0.25) is 0 Å². The molecule has 3 aromatic rings. The first-order chi connectivity index (χ1) is 16.1. The van der Waals surface area contributed by atoms with Gasteiger partial charge in [-0.1, -0.05) is 54.0 Å². The molecule has 4 aliphatic carbocycles. The summed E-state index contributed by atoms with van der Waals surface area (Å²) in [6.45, 7) is 5.40. The molecule has 1 amide bonds. The number of halogens is 1. The van der Waals surface area contributed by atoms with Gasteiger partial charge in [0.2, 0.25) is 5.43 Å². The van der Waals surface area contributed by atoms with Crippen LogP contribution < -0.4 is 10.7 Å². The van der Waals surface area contributed by atoms with Crippen LogP contribution in [0.4, 0.5) is 0 Å². The molecule has 176 valence electrons. The van der Waals surface area contributed by atoms with Gasteiger partial charge in [0.15, 0.2) is 0 Å². The second-order valence-electron chi connectivity index (χ2n) is 12.0. The second-order valence-corrected chi connectivity index (χ2v) is 12.9. The summed E-state index contributed by atoms with van der Waals surface area (Å²) in [6.07, 6.45) is 8.67. The van der Waals surface area contributed by atoms with Gasteiger partial charge in [0.05, 0.1) is 5.52 Å². The number of hydrogen-bond donors (Lipinski definition) is 1. The van der Waals surface area contributed by atoms with Gasteiger partial charge in [-0.2, -0.15) is 0 Å². The van der Waals surface area contributed by atoms with E-state index in [-0.39, 0.29) is 22.4 Å². The summed E-state index contributed by atoms with van der Waals surface area (Å²) in [7, 11) is 0. The predicted octanol–water partition coefficient (Wildman–Crippen LogP) is 6.29. The van der Waals surface area contributed by atoms with Gasteiger partial charge in [0.25, 0.3) is 5.91 Å². The summed E-state index contributed by atoms with van der Waals surface area (Å²) < 4.78 is 3.07. The van der Waals surface area contributed by atoms with Crippen molar-refractivity contribution in [1.82, 2.24) is 9.88 Å². The van der Waals surface area contributed by atoms with Crippen molar-refractivity contribution in [1.29, 1.82) is 0 Å². The van der Waals surface area contributed by atoms with E-state index in [1.807, 2.05) is 41.0 Å². The van der Waals surface area contributed by atoms with E-state index in [4.69, 9.17) is 0 Å². The highest BCUT2D eigenvalue weighted by molar-refractivity contribution is 9.10. The average molecular weight is 519 g/mol. The van der Waals surface area contributed by atoms with E-state index in [1.165, 1.54) is 19.3 Å². The molecule has 1 heterocycles. The minimum absolute atomic E-state index is 0.178. The van der Waals surface area contributed by atoms with E-state index in [2.05, 4.69) is 47.2 Å². The standard InChI is InChI=1S/C29H31BrN2O2/c1-27-11-20-12-28(2,16-27)18-29(13-20,17-27)31-26(34)23-15-32(14-19-7-9-21(30)10-8-19)24-6-4-3-5-22(24)25(23)33/h3-10,15,20H,11-14,16-18H2,1-2H3,(H,31,34). The van der Waals surface area contributed by atoms with Gasteiger partial charge >= 0.3 is 0 Å². The second kappa shape index (κ2) is 7.55. The van der Waals surface area contributed by atoms with Crippen LogP contribution in [-0.2, 0) is 6.54 Å². The number of aromatic nitrogens is 1. The van der Waals surface area contributed by atoms with Crippen molar-refractivity contribution in [3.8, 4) is 0 Å². The Morgan fingerprint density at radius 1 is 1.00 bits per heavy atom. The van der Waals surface area contributed by atoms with Crippen molar-refractivity contribution in [2.75, 3.05) is 0 Å². The van der Waals surface area contributed by atoms with Crippen LogP contribution in [-0.4, -0.2) is 16.0 Å². The molecule has 7 rings (SSSR count). The molecule has 1 N–H and O–H groups in total. The highest BCUT2D eigenvalue weighted by Crippen LogP contribution is 2.66. The Balaban J connectivity index is 1.38. The fourth-order valence-corrected chi connectivity index (χ4v) is 8.58. The molecule has 0 saturated heterocycles. The number of para-hydroxylation sites is 1. The number of hydrogen-bond acceptors (Lipinski definition) is 2. The van der Waals surface area contributed by atoms with E-state index in [0.29, 0.717) is 28.7 Å². The van der Waals surface area contributed by atoms with Crippen molar-refractivity contribution in [3.63, 3.8) is 0 Å². The highest BCUT2D eigenvalue weighted by Gasteiger charge is 2.60. The van der Waals surface area contributed by atoms with E-state index >= 15 is 0 Å². The smallest absolute Gasteiger partial charge is 0.257 e. The number of nitrogens with one attached hydrogen (secondary N) is 1. The van der Waals surface area contributed by atoms with E-state index in [1.54, 1.807) is 6.20 Å². The number of carbonyl (C=O) groups excluding carboxylic acids is 1. The number of fused-ring (bicyclic) bond motifs is 1. The zero-order chi connectivity index (χ0) is 23.7. The third kappa shape index (κ3) is 3.73. The lowest BCUT2D eigenvalue weighted by Crippen LogP contribution is -2.65. The largest absolute Gasteiger partial charge is 0.346 e. The summed E-state index contributed by atoms with van der Waals surface area (Å²) in [4.78, 5) is 27.2. The number of rotatable bonds is 4. The maximum absolute atomic E-state index is 13.7. The summed E-state index contributed by atoms with van der Waals surface area (Å²) in [5.41, 5.74) is 2.45. The number of carbonyl (C=O) groups is 1. The van der Waals surface area contributed by atoms with E-state index in [0.717, 1.165) is 34.8 Å². The van der Waals surface area contributed by atoms with Gasteiger partial charge in [0.1, 0.15) is 5.56 Å². The van der Waals surface area contributed by atoms with Crippen molar-refractivity contribution in [2.24, 2.45) is 16.7 Å². The van der Waals surface area contributed by atoms with Crippen molar-refractivity contribution in [2.45, 2.75) is 64.5 Å². The molecule has 34 heavy (non-hydrogen) atoms. The molecule has 0 aliphatic heterocycles. The lowest BCUT2D eigenvalue weighted by molar-refractivity contribution is -0.114. The Kier molecular flexibility index (Phi) is 4.90. The third-order valence-electron chi connectivity index (χ3n) is 8.50. The molecule has 1 aromatic heterocycles. The Labute approximate surface area is 208 Å². The zero-order valence-corrected chi connectivity index (χ0v) is 21.5. The third-order valence-corrected chi connectivity index (χ3v) is 9.03. The summed E-state index contributed by atoms with van der Waals surface area (Å²) in [5.74, 6) is 0.465. The first-order valence-corrected chi connectivity index (χ1v) is 13.1. The van der Waals surface area contributed by atoms with Crippen LogP contribution in [0.15, 0.2) is 64.0 Å². The molecule has 4 saturated carbocycles. The number of nitrogens with zero attached hydrogens (tertiary/aromatic N) is 1. The van der Waals surface area contributed by atoms with Crippen molar-refractivity contribution < 1.29 is 4.79 Å². The van der Waals surface area contributed by atoms with Crippen LogP contribution >= 0.6 is 15.9 Å². The molecule has 2 atom stereocenters. The molecule has 4 nitrogen and oxygen atoms in total. The summed E-state index contributed by atoms with van der Waals surface area (Å²) >= 11 is 3.49. The van der Waals surface area contributed by atoms with Crippen LogP contribution in [0.25, 0.3) is 10.9 Å². The Morgan fingerprint density at radius 3 is 2.35 bits per heavy atom. The number of benzene rings is 2. The van der Waals surface area contributed by atoms with E-state index < -0.39 is 0 Å². The monoisotopic (exact) mass is 518 g/mol. The van der Waals surface area contributed by atoms with Crippen LogP contribution in [0.5, 0.6) is 0 Å². The minimum Gasteiger partial charge on any atom is -0.346 e. The predicted molar refractivity (Wildman–Crippen MR) is 139 cm³/mol. The van der Waals surface area contributed by atoms with Gasteiger partial charge in [-0.25, -0.2) is 0 Å². The van der Waals surface area contributed by atoms with Gasteiger partial charge in [-0.05, 0) is 85.1 Å². The quantitative estimate of drug-likeness (QED) is 0.441. The normalized spacial score (nSPS) is 31.7. The van der Waals surface area contributed by atoms with Crippen LogP contribution in [0, 0.1) is 16.7 Å². The van der Waals surface area contributed by atoms with Crippen LogP contribution in [0.3, 0.4) is 0 Å². The van der Waals surface area contributed by atoms with E-state index in [9.17, 15) is 9.59 Å². The first-order valence-electron chi connectivity index (χ1n) is 12.3. The Bertz CT molecular complexity index is 1340. The van der Waals surface area contributed by atoms with Gasteiger partial charge in [0, 0.05) is 28.1 Å². The molecular formula is C29H31BrN2O2. The maximum Gasteiger partial charge on any atom is 0.257 e. The fourth-order valence-electron chi connectivity index (χ4n) is 8.32. The number of pyridine rings is 1. The maximum atomic E-state index is 13.7. The zero-order valence-electron chi connectivity index (χ0n) is 19.9. The van der Waals surface area contributed by atoms with Crippen molar-refractivity contribution >= 4 is 32.7 Å². The average Bonchev–Trinajstić information content (AvgIpc) is 2.74. The molecule has 0 spiro atoms. The summed E-state index contributed by atoms with van der Waals surface area (Å²) in [6, 6.07) is 15.8. The molecule has 5 heteroatoms. The topological polar surface area (TPSA) is 51.1 Å². The van der Waals surface area contributed by atoms with Crippen molar-refractivity contribution in [3.05, 3.63) is 80.6 Å². The highest BCUT2D eigenvalue weighted by atomic mass is 79.9. The van der Waals surface area contributed by atoms with Gasteiger partial charge in [-0.3, -0.25) is 9.59 Å². The fraction of sp³-hybridized carbons (Fsp3) is 0.448. The molecule has 2 unspecified atom stereocenters.